The summed E-state index contributed by atoms with van der Waals surface area (Å²) in [5, 5.41) is 3.68. The van der Waals surface area contributed by atoms with Crippen LogP contribution in [0.1, 0.15) is 37.4 Å². The Hall–Kier alpha value is -0.930. The second-order valence-electron chi connectivity index (χ2n) is 5.90. The number of hydrogen-bond donors (Lipinski definition) is 1. The topological polar surface area (TPSA) is 28.2 Å². The van der Waals surface area contributed by atoms with Crippen molar-refractivity contribution in [2.45, 2.75) is 57.8 Å². The summed E-state index contributed by atoms with van der Waals surface area (Å²) < 4.78 is 0. The number of rotatable bonds is 4. The molecule has 1 aliphatic carbocycles. The molecule has 1 saturated carbocycles. The molecule has 2 unspecified atom stereocenters. The van der Waals surface area contributed by atoms with Crippen LogP contribution < -0.4 is 5.32 Å². The van der Waals surface area contributed by atoms with Gasteiger partial charge < -0.3 is 5.32 Å². The summed E-state index contributed by atoms with van der Waals surface area (Å²) in [5.41, 5.74) is 2.38. The number of nitrogens with one attached hydrogen (secondary N) is 1. The molecule has 2 heterocycles. The lowest BCUT2D eigenvalue weighted by molar-refractivity contribution is 0.255. The molecular weight excluding hydrogens is 222 g/mol. The Bertz CT molecular complexity index is 397. The molecule has 2 atom stereocenters. The van der Waals surface area contributed by atoms with Gasteiger partial charge >= 0.3 is 0 Å². The van der Waals surface area contributed by atoms with Gasteiger partial charge in [0.15, 0.2) is 0 Å². The molecule has 98 valence electrons. The van der Waals surface area contributed by atoms with Crippen LogP contribution in [0.15, 0.2) is 18.3 Å². The van der Waals surface area contributed by atoms with E-state index >= 15 is 0 Å². The Balaban J connectivity index is 1.50. The van der Waals surface area contributed by atoms with Crippen LogP contribution >= 0.6 is 0 Å². The summed E-state index contributed by atoms with van der Waals surface area (Å²) >= 11 is 0. The first-order chi connectivity index (χ1) is 8.72. The number of hydrogen-bond acceptors (Lipinski definition) is 3. The maximum Gasteiger partial charge on any atom is 0.0372 e. The van der Waals surface area contributed by atoms with Gasteiger partial charge in [0.2, 0.25) is 0 Å². The monoisotopic (exact) mass is 245 g/mol. The SMILES string of the molecule is Cc1ccc(CNC2CC(C)N(C3CC3)C2)cn1. The summed E-state index contributed by atoms with van der Waals surface area (Å²) in [6, 6.07) is 6.57. The minimum atomic E-state index is 0.655. The molecule has 1 aromatic heterocycles. The van der Waals surface area contributed by atoms with Crippen molar-refractivity contribution < 1.29 is 0 Å². The van der Waals surface area contributed by atoms with E-state index in [-0.39, 0.29) is 0 Å². The van der Waals surface area contributed by atoms with Gasteiger partial charge in [0.05, 0.1) is 0 Å². The highest BCUT2D eigenvalue weighted by molar-refractivity contribution is 5.13. The van der Waals surface area contributed by atoms with Gasteiger partial charge in [0.25, 0.3) is 0 Å². The van der Waals surface area contributed by atoms with Gasteiger partial charge in [-0.05, 0) is 44.7 Å². The van der Waals surface area contributed by atoms with E-state index in [9.17, 15) is 0 Å². The Morgan fingerprint density at radius 3 is 2.89 bits per heavy atom. The summed E-state index contributed by atoms with van der Waals surface area (Å²) in [4.78, 5) is 7.03. The molecule has 1 saturated heterocycles. The highest BCUT2D eigenvalue weighted by atomic mass is 15.3. The fourth-order valence-electron chi connectivity index (χ4n) is 2.98. The number of aromatic nitrogens is 1. The van der Waals surface area contributed by atoms with Gasteiger partial charge in [-0.3, -0.25) is 9.88 Å². The molecule has 2 fully saturated rings. The minimum Gasteiger partial charge on any atom is -0.309 e. The molecule has 2 aliphatic rings. The zero-order valence-corrected chi connectivity index (χ0v) is 11.4. The zero-order valence-electron chi connectivity index (χ0n) is 11.4. The molecule has 0 bridgehead atoms. The first kappa shape index (κ1) is 12.1. The first-order valence-electron chi connectivity index (χ1n) is 7.13. The Morgan fingerprint density at radius 1 is 1.39 bits per heavy atom. The van der Waals surface area contributed by atoms with Crippen molar-refractivity contribution in [1.29, 1.82) is 0 Å². The van der Waals surface area contributed by atoms with Crippen LogP contribution in [0.3, 0.4) is 0 Å². The van der Waals surface area contributed by atoms with E-state index in [2.05, 4.69) is 34.3 Å². The molecule has 18 heavy (non-hydrogen) atoms. The van der Waals surface area contributed by atoms with Gasteiger partial charge in [-0.25, -0.2) is 0 Å². The third-order valence-electron chi connectivity index (χ3n) is 4.21. The van der Waals surface area contributed by atoms with Crippen LogP contribution in [0.2, 0.25) is 0 Å². The molecule has 1 aromatic rings. The lowest BCUT2D eigenvalue weighted by Gasteiger charge is -2.19. The molecule has 0 aromatic carbocycles. The third-order valence-corrected chi connectivity index (χ3v) is 4.21. The van der Waals surface area contributed by atoms with E-state index < -0.39 is 0 Å². The predicted octanol–water partition coefficient (Wildman–Crippen LogP) is 2.10. The van der Waals surface area contributed by atoms with Gasteiger partial charge in [-0.1, -0.05) is 6.07 Å². The fraction of sp³-hybridized carbons (Fsp3) is 0.667. The van der Waals surface area contributed by atoms with Crippen molar-refractivity contribution in [3.05, 3.63) is 29.6 Å². The van der Waals surface area contributed by atoms with Crippen molar-refractivity contribution in [2.24, 2.45) is 0 Å². The predicted molar refractivity (Wildman–Crippen MR) is 73.4 cm³/mol. The second kappa shape index (κ2) is 4.98. The lowest BCUT2D eigenvalue weighted by atomic mass is 10.2. The van der Waals surface area contributed by atoms with E-state index in [0.29, 0.717) is 6.04 Å². The number of pyridine rings is 1. The van der Waals surface area contributed by atoms with Crippen LogP contribution in [-0.2, 0) is 6.54 Å². The molecular formula is C15H23N3. The van der Waals surface area contributed by atoms with Gasteiger partial charge in [-0.15, -0.1) is 0 Å². The van der Waals surface area contributed by atoms with E-state index in [1.807, 2.05) is 13.1 Å². The highest BCUT2D eigenvalue weighted by Gasteiger charge is 2.38. The average Bonchev–Trinajstić information content (AvgIpc) is 3.13. The van der Waals surface area contributed by atoms with Crippen molar-refractivity contribution >= 4 is 0 Å². The Morgan fingerprint density at radius 2 is 2.22 bits per heavy atom. The van der Waals surface area contributed by atoms with Crippen LogP contribution in [0.25, 0.3) is 0 Å². The maximum absolute atomic E-state index is 4.34. The quantitative estimate of drug-likeness (QED) is 0.880. The molecule has 0 amide bonds. The number of likely N-dealkylation sites (tertiary alicyclic amines) is 1. The van der Waals surface area contributed by atoms with Gasteiger partial charge in [0.1, 0.15) is 0 Å². The molecule has 1 N–H and O–H groups in total. The van der Waals surface area contributed by atoms with Gasteiger partial charge in [0, 0.05) is 43.1 Å². The summed E-state index contributed by atoms with van der Waals surface area (Å²) in [6.45, 7) is 6.57. The van der Waals surface area contributed by atoms with E-state index in [4.69, 9.17) is 0 Å². The molecule has 3 rings (SSSR count). The molecule has 0 spiro atoms. The number of nitrogens with zero attached hydrogens (tertiary/aromatic N) is 2. The van der Waals surface area contributed by atoms with Crippen molar-refractivity contribution in [2.75, 3.05) is 6.54 Å². The van der Waals surface area contributed by atoms with E-state index in [1.165, 1.54) is 31.4 Å². The first-order valence-corrected chi connectivity index (χ1v) is 7.13. The normalized spacial score (nSPS) is 28.8. The molecule has 0 radical (unpaired) electrons. The summed E-state index contributed by atoms with van der Waals surface area (Å²) in [7, 11) is 0. The maximum atomic E-state index is 4.34. The Labute approximate surface area is 110 Å². The third kappa shape index (κ3) is 2.73. The van der Waals surface area contributed by atoms with Crippen molar-refractivity contribution in [3.8, 4) is 0 Å². The van der Waals surface area contributed by atoms with Crippen LogP contribution in [0, 0.1) is 6.92 Å². The van der Waals surface area contributed by atoms with Crippen molar-refractivity contribution in [1.82, 2.24) is 15.2 Å². The summed E-state index contributed by atoms with van der Waals surface area (Å²) in [6.07, 6.45) is 6.10. The van der Waals surface area contributed by atoms with Crippen LogP contribution in [-0.4, -0.2) is 34.6 Å². The standard InChI is InChI=1S/C15H23N3/c1-11-3-4-13(8-16-11)9-17-14-7-12(2)18(10-14)15-5-6-15/h3-4,8,12,14-15,17H,5-7,9-10H2,1-2H3. The molecule has 3 nitrogen and oxygen atoms in total. The lowest BCUT2D eigenvalue weighted by Crippen LogP contribution is -2.33. The number of aryl methyl sites for hydroxylation is 1. The van der Waals surface area contributed by atoms with E-state index in [1.54, 1.807) is 0 Å². The van der Waals surface area contributed by atoms with E-state index in [0.717, 1.165) is 24.3 Å². The largest absolute Gasteiger partial charge is 0.309 e. The van der Waals surface area contributed by atoms with Crippen LogP contribution in [0.5, 0.6) is 0 Å². The second-order valence-corrected chi connectivity index (χ2v) is 5.90. The minimum absolute atomic E-state index is 0.655. The molecule has 1 aliphatic heterocycles. The summed E-state index contributed by atoms with van der Waals surface area (Å²) in [5.74, 6) is 0. The highest BCUT2D eigenvalue weighted by Crippen LogP contribution is 2.33. The van der Waals surface area contributed by atoms with Gasteiger partial charge in [-0.2, -0.15) is 0 Å². The molecule has 3 heteroatoms. The zero-order chi connectivity index (χ0) is 12.5. The smallest absolute Gasteiger partial charge is 0.0372 e. The fourth-order valence-corrected chi connectivity index (χ4v) is 2.98. The van der Waals surface area contributed by atoms with Crippen LogP contribution in [0.4, 0.5) is 0 Å². The average molecular weight is 245 g/mol. The van der Waals surface area contributed by atoms with Crippen molar-refractivity contribution in [3.63, 3.8) is 0 Å². The Kier molecular flexibility index (Phi) is 3.35.